The van der Waals surface area contributed by atoms with Crippen LogP contribution in [0.15, 0.2) is 23.1 Å². The highest BCUT2D eigenvalue weighted by Crippen LogP contribution is 2.32. The molecule has 0 aliphatic carbocycles. The smallest absolute Gasteiger partial charge is 0.398 e. The Morgan fingerprint density at radius 2 is 2.06 bits per heavy atom. The van der Waals surface area contributed by atoms with Crippen LogP contribution in [0, 0.1) is 0 Å². The molecule has 1 aromatic carbocycles. The molecule has 0 amide bonds. The maximum Gasteiger partial charge on any atom is 0.416 e. The maximum absolute atomic E-state index is 12.4. The van der Waals surface area contributed by atoms with E-state index in [0.717, 1.165) is 12.1 Å². The zero-order chi connectivity index (χ0) is 13.8. The second kappa shape index (κ2) is 6.19. The van der Waals surface area contributed by atoms with Crippen molar-refractivity contribution in [2.75, 3.05) is 25.2 Å². The first-order valence-electron chi connectivity index (χ1n) is 5.20. The highest BCUT2D eigenvalue weighted by atomic mass is 32.2. The van der Waals surface area contributed by atoms with Crippen LogP contribution in [0.25, 0.3) is 0 Å². The van der Waals surface area contributed by atoms with Gasteiger partial charge in [0.25, 0.3) is 0 Å². The van der Waals surface area contributed by atoms with Gasteiger partial charge in [0.2, 0.25) is 0 Å². The molecule has 1 unspecified atom stereocenters. The number of methoxy groups -OCH3 is 1. The summed E-state index contributed by atoms with van der Waals surface area (Å²) < 4.78 is 53.8. The van der Waals surface area contributed by atoms with E-state index in [0.29, 0.717) is 18.8 Å². The molecule has 0 bridgehead atoms. The van der Waals surface area contributed by atoms with Crippen LogP contribution in [-0.4, -0.2) is 23.7 Å². The molecular formula is C11H14F3NO2S. The van der Waals surface area contributed by atoms with Gasteiger partial charge >= 0.3 is 6.18 Å². The van der Waals surface area contributed by atoms with Gasteiger partial charge in [-0.3, -0.25) is 4.21 Å². The van der Waals surface area contributed by atoms with Crippen LogP contribution in [0.2, 0.25) is 0 Å². The van der Waals surface area contributed by atoms with Crippen molar-refractivity contribution in [3.05, 3.63) is 23.8 Å². The minimum Gasteiger partial charge on any atom is -0.398 e. The summed E-state index contributed by atoms with van der Waals surface area (Å²) in [6, 6.07) is 2.87. The third kappa shape index (κ3) is 3.99. The van der Waals surface area contributed by atoms with E-state index < -0.39 is 22.5 Å². The fourth-order valence-corrected chi connectivity index (χ4v) is 2.52. The third-order valence-corrected chi connectivity index (χ3v) is 3.78. The monoisotopic (exact) mass is 281 g/mol. The molecule has 0 aliphatic rings. The molecule has 1 aromatic rings. The lowest BCUT2D eigenvalue weighted by Gasteiger charge is -2.10. The summed E-state index contributed by atoms with van der Waals surface area (Å²) in [5.41, 5.74) is 4.57. The molecule has 0 aromatic heterocycles. The molecule has 2 N–H and O–H groups in total. The van der Waals surface area contributed by atoms with Crippen molar-refractivity contribution in [1.29, 1.82) is 0 Å². The van der Waals surface area contributed by atoms with Gasteiger partial charge in [-0.1, -0.05) is 0 Å². The van der Waals surface area contributed by atoms with E-state index in [4.69, 9.17) is 10.5 Å². The highest BCUT2D eigenvalue weighted by Gasteiger charge is 2.31. The van der Waals surface area contributed by atoms with E-state index in [2.05, 4.69) is 0 Å². The summed E-state index contributed by atoms with van der Waals surface area (Å²) in [5, 5.41) is 0. The third-order valence-electron chi connectivity index (χ3n) is 2.26. The maximum atomic E-state index is 12.4. The lowest BCUT2D eigenvalue weighted by atomic mass is 10.2. The average molecular weight is 281 g/mol. The molecule has 1 rings (SSSR count). The molecule has 1 atom stereocenters. The van der Waals surface area contributed by atoms with Crippen molar-refractivity contribution >= 4 is 16.5 Å². The van der Waals surface area contributed by atoms with Gasteiger partial charge in [-0.05, 0) is 24.6 Å². The molecule has 3 nitrogen and oxygen atoms in total. The van der Waals surface area contributed by atoms with E-state index in [9.17, 15) is 17.4 Å². The van der Waals surface area contributed by atoms with Crippen molar-refractivity contribution in [3.63, 3.8) is 0 Å². The average Bonchev–Trinajstić information content (AvgIpc) is 2.27. The van der Waals surface area contributed by atoms with Gasteiger partial charge < -0.3 is 10.5 Å². The van der Waals surface area contributed by atoms with Crippen LogP contribution < -0.4 is 5.73 Å². The van der Waals surface area contributed by atoms with Gasteiger partial charge in [0, 0.05) is 25.2 Å². The number of benzene rings is 1. The number of hydrogen-bond donors (Lipinski definition) is 1. The lowest BCUT2D eigenvalue weighted by Crippen LogP contribution is -2.09. The number of rotatable bonds is 5. The Hall–Kier alpha value is -1.08. The predicted molar refractivity (Wildman–Crippen MR) is 63.6 cm³/mol. The van der Waals surface area contributed by atoms with Crippen molar-refractivity contribution in [2.24, 2.45) is 0 Å². The summed E-state index contributed by atoms with van der Waals surface area (Å²) in [5.74, 6) is 0.309. The van der Waals surface area contributed by atoms with Crippen molar-refractivity contribution in [3.8, 4) is 0 Å². The summed E-state index contributed by atoms with van der Waals surface area (Å²) in [4.78, 5) is 0.235. The zero-order valence-corrected chi connectivity index (χ0v) is 10.6. The Bertz CT molecular complexity index is 435. The second-order valence-electron chi connectivity index (χ2n) is 3.65. The van der Waals surface area contributed by atoms with E-state index in [-0.39, 0.29) is 10.6 Å². The van der Waals surface area contributed by atoms with Crippen LogP contribution >= 0.6 is 0 Å². The Morgan fingerprint density at radius 1 is 1.39 bits per heavy atom. The van der Waals surface area contributed by atoms with Crippen LogP contribution in [-0.2, 0) is 21.7 Å². The van der Waals surface area contributed by atoms with E-state index in [1.807, 2.05) is 0 Å². The standard InChI is InChI=1S/C11H14F3NO2S/c1-17-5-2-6-18(16)10-4-3-8(7-9(10)15)11(12,13)14/h3-4,7H,2,5-6,15H2,1H3. The quantitative estimate of drug-likeness (QED) is 0.666. The Kier molecular flexibility index (Phi) is 5.15. The molecule has 18 heavy (non-hydrogen) atoms. The van der Waals surface area contributed by atoms with Crippen LogP contribution in [0.5, 0.6) is 0 Å². The Balaban J connectivity index is 2.82. The van der Waals surface area contributed by atoms with E-state index in [1.54, 1.807) is 0 Å². The highest BCUT2D eigenvalue weighted by molar-refractivity contribution is 7.85. The first-order chi connectivity index (χ1) is 8.36. The van der Waals surface area contributed by atoms with E-state index in [1.165, 1.54) is 13.2 Å². The first kappa shape index (κ1) is 15.0. The molecule has 102 valence electrons. The largest absolute Gasteiger partial charge is 0.416 e. The van der Waals surface area contributed by atoms with Crippen molar-refractivity contribution < 1.29 is 22.1 Å². The van der Waals surface area contributed by atoms with Crippen molar-refractivity contribution in [2.45, 2.75) is 17.5 Å². The Morgan fingerprint density at radius 3 is 2.56 bits per heavy atom. The molecule has 0 saturated carbocycles. The number of anilines is 1. The molecule has 0 heterocycles. The SMILES string of the molecule is COCCCS(=O)c1ccc(C(F)(F)F)cc1N. The Labute approximate surface area is 106 Å². The number of halogens is 3. The fraction of sp³-hybridized carbons (Fsp3) is 0.455. The topological polar surface area (TPSA) is 52.3 Å². The summed E-state index contributed by atoms with van der Waals surface area (Å²) in [6.45, 7) is 0.451. The summed E-state index contributed by atoms with van der Waals surface area (Å²) >= 11 is 0. The molecule has 7 heteroatoms. The normalized spacial score (nSPS) is 13.6. The summed E-state index contributed by atoms with van der Waals surface area (Å²) in [6.07, 6.45) is -3.88. The molecular weight excluding hydrogens is 267 g/mol. The van der Waals surface area contributed by atoms with Crippen molar-refractivity contribution in [1.82, 2.24) is 0 Å². The zero-order valence-electron chi connectivity index (χ0n) is 9.79. The number of hydrogen-bond acceptors (Lipinski definition) is 3. The minimum atomic E-state index is -4.44. The van der Waals surface area contributed by atoms with Gasteiger partial charge in [0.1, 0.15) is 0 Å². The first-order valence-corrected chi connectivity index (χ1v) is 6.52. The van der Waals surface area contributed by atoms with Crippen LogP contribution in [0.1, 0.15) is 12.0 Å². The number of nitrogens with two attached hydrogens (primary N) is 1. The number of ether oxygens (including phenoxy) is 1. The van der Waals surface area contributed by atoms with Gasteiger partial charge in [-0.15, -0.1) is 0 Å². The number of alkyl halides is 3. The molecule has 0 radical (unpaired) electrons. The van der Waals surface area contributed by atoms with Gasteiger partial charge in [-0.25, -0.2) is 0 Å². The van der Waals surface area contributed by atoms with Gasteiger partial charge in [0.15, 0.2) is 0 Å². The van der Waals surface area contributed by atoms with Gasteiger partial charge in [-0.2, -0.15) is 13.2 Å². The molecule has 0 fully saturated rings. The van der Waals surface area contributed by atoms with Crippen LogP contribution in [0.3, 0.4) is 0 Å². The van der Waals surface area contributed by atoms with Gasteiger partial charge in [0.05, 0.1) is 21.3 Å². The second-order valence-corrected chi connectivity index (χ2v) is 5.19. The molecule has 0 saturated heterocycles. The van der Waals surface area contributed by atoms with Crippen LogP contribution in [0.4, 0.5) is 18.9 Å². The number of nitrogen functional groups attached to an aromatic ring is 1. The molecule has 0 spiro atoms. The minimum absolute atomic E-state index is 0.0967. The molecule has 0 aliphatic heterocycles. The lowest BCUT2D eigenvalue weighted by molar-refractivity contribution is -0.137. The summed E-state index contributed by atoms with van der Waals surface area (Å²) in [7, 11) is 0.119. The fourth-order valence-electron chi connectivity index (χ4n) is 1.38. The van der Waals surface area contributed by atoms with E-state index >= 15 is 0 Å². The predicted octanol–water partition coefficient (Wildman–Crippen LogP) is 2.43.